The van der Waals surface area contributed by atoms with E-state index in [0.29, 0.717) is 17.1 Å². The normalized spacial score (nSPS) is 10.5. The first-order chi connectivity index (χ1) is 11.2. The maximum atomic E-state index is 12.4. The third-order valence-corrected chi connectivity index (χ3v) is 4.28. The summed E-state index contributed by atoms with van der Waals surface area (Å²) < 4.78 is 5.22. The molecule has 4 nitrogen and oxygen atoms in total. The van der Waals surface area contributed by atoms with Gasteiger partial charge in [-0.05, 0) is 43.3 Å². The Kier molecular flexibility index (Phi) is 4.78. The number of carbonyl (C=O) groups is 1. The Labute approximate surface area is 138 Å². The molecule has 1 N–H and O–H groups in total. The topological polar surface area (TPSA) is 55.1 Å². The zero-order valence-electron chi connectivity index (χ0n) is 12.7. The van der Waals surface area contributed by atoms with Crippen LogP contribution in [0.5, 0.6) is 0 Å². The van der Waals surface area contributed by atoms with Crippen LogP contribution >= 0.6 is 11.8 Å². The Morgan fingerprint density at radius 1 is 1.17 bits per heavy atom. The highest BCUT2D eigenvalue weighted by Gasteiger charge is 2.13. The highest BCUT2D eigenvalue weighted by atomic mass is 32.2. The van der Waals surface area contributed by atoms with E-state index in [1.54, 1.807) is 30.7 Å². The van der Waals surface area contributed by atoms with Crippen molar-refractivity contribution in [3.05, 3.63) is 77.9 Å². The molecule has 1 aromatic carbocycles. The van der Waals surface area contributed by atoms with E-state index in [-0.39, 0.29) is 5.91 Å². The number of hydrogen-bond donors (Lipinski definition) is 1. The Morgan fingerprint density at radius 3 is 2.74 bits per heavy atom. The van der Waals surface area contributed by atoms with Gasteiger partial charge >= 0.3 is 0 Å². The fraction of sp³-hybridized carbons (Fsp3) is 0.111. The van der Waals surface area contributed by atoms with E-state index in [9.17, 15) is 4.79 Å². The molecule has 0 radical (unpaired) electrons. The molecule has 2 aromatic heterocycles. The summed E-state index contributed by atoms with van der Waals surface area (Å²) in [4.78, 5) is 17.8. The number of pyridine rings is 1. The molecule has 0 spiro atoms. The Hall–Kier alpha value is -2.53. The van der Waals surface area contributed by atoms with Gasteiger partial charge in [-0.3, -0.25) is 4.79 Å². The van der Waals surface area contributed by atoms with Gasteiger partial charge in [0.15, 0.2) is 0 Å². The van der Waals surface area contributed by atoms with Gasteiger partial charge < -0.3 is 9.73 Å². The second-order valence-electron chi connectivity index (χ2n) is 5.03. The Bertz CT molecular complexity index is 783. The van der Waals surface area contributed by atoms with Crippen molar-refractivity contribution in [3.8, 4) is 0 Å². The molecule has 3 rings (SSSR count). The van der Waals surface area contributed by atoms with Crippen molar-refractivity contribution in [3.63, 3.8) is 0 Å². The number of aryl methyl sites for hydroxylation is 1. The molecule has 0 aliphatic rings. The lowest BCUT2D eigenvalue weighted by molar-refractivity contribution is 0.0944. The minimum Gasteiger partial charge on any atom is -0.467 e. The number of carbonyl (C=O) groups excluding carboxylic acids is 1. The molecule has 0 unspecified atom stereocenters. The second-order valence-corrected chi connectivity index (χ2v) is 6.10. The molecule has 0 saturated heterocycles. The third kappa shape index (κ3) is 4.02. The molecule has 1 amide bonds. The minimum absolute atomic E-state index is 0.163. The van der Waals surface area contributed by atoms with Crippen LogP contribution in [0.2, 0.25) is 0 Å². The van der Waals surface area contributed by atoms with Crippen LogP contribution in [-0.4, -0.2) is 10.9 Å². The summed E-state index contributed by atoms with van der Waals surface area (Å²) >= 11 is 1.48. The number of rotatable bonds is 5. The maximum absolute atomic E-state index is 12.4. The molecule has 23 heavy (non-hydrogen) atoms. The molecule has 0 atom stereocenters. The lowest BCUT2D eigenvalue weighted by Gasteiger charge is -2.08. The number of hydrogen-bond acceptors (Lipinski definition) is 4. The standard InChI is InChI=1S/C18H16N2O2S/c1-13-6-8-15(9-7-13)23-18-16(5-2-10-19-18)17(21)20-12-14-4-3-11-22-14/h2-11H,12H2,1H3,(H,20,21). The predicted octanol–water partition coefficient (Wildman–Crippen LogP) is 4.06. The van der Waals surface area contributed by atoms with Gasteiger partial charge in [-0.1, -0.05) is 29.5 Å². The van der Waals surface area contributed by atoms with E-state index in [1.807, 2.05) is 37.3 Å². The SMILES string of the molecule is Cc1ccc(Sc2ncccc2C(=O)NCc2ccco2)cc1. The molecular weight excluding hydrogens is 308 g/mol. The smallest absolute Gasteiger partial charge is 0.254 e. The van der Waals surface area contributed by atoms with E-state index < -0.39 is 0 Å². The lowest BCUT2D eigenvalue weighted by atomic mass is 10.2. The van der Waals surface area contributed by atoms with E-state index in [2.05, 4.69) is 10.3 Å². The van der Waals surface area contributed by atoms with E-state index in [4.69, 9.17) is 4.42 Å². The van der Waals surface area contributed by atoms with Gasteiger partial charge in [-0.25, -0.2) is 4.98 Å². The van der Waals surface area contributed by atoms with Gasteiger partial charge in [0.25, 0.3) is 5.91 Å². The largest absolute Gasteiger partial charge is 0.467 e. The van der Waals surface area contributed by atoms with Crippen LogP contribution in [0.1, 0.15) is 21.7 Å². The first kappa shape index (κ1) is 15.4. The lowest BCUT2D eigenvalue weighted by Crippen LogP contribution is -2.23. The van der Waals surface area contributed by atoms with Crippen molar-refractivity contribution >= 4 is 17.7 Å². The third-order valence-electron chi connectivity index (χ3n) is 3.25. The van der Waals surface area contributed by atoms with Crippen LogP contribution in [0.3, 0.4) is 0 Å². The predicted molar refractivity (Wildman–Crippen MR) is 89.4 cm³/mol. The van der Waals surface area contributed by atoms with Crippen LogP contribution in [0, 0.1) is 6.92 Å². The summed E-state index contributed by atoms with van der Waals surface area (Å²) in [5.74, 6) is 0.555. The highest BCUT2D eigenvalue weighted by Crippen LogP contribution is 2.28. The van der Waals surface area contributed by atoms with Crippen molar-refractivity contribution < 1.29 is 9.21 Å². The zero-order chi connectivity index (χ0) is 16.1. The van der Waals surface area contributed by atoms with Gasteiger partial charge in [-0.2, -0.15) is 0 Å². The first-order valence-electron chi connectivity index (χ1n) is 7.22. The number of nitrogens with one attached hydrogen (secondary N) is 1. The molecule has 0 aliphatic heterocycles. The summed E-state index contributed by atoms with van der Waals surface area (Å²) in [6.07, 6.45) is 3.28. The van der Waals surface area contributed by atoms with Crippen LogP contribution in [0.25, 0.3) is 0 Å². The van der Waals surface area contributed by atoms with E-state index in [1.165, 1.54) is 17.3 Å². The summed E-state index contributed by atoms with van der Waals surface area (Å²) in [6, 6.07) is 15.3. The number of benzene rings is 1. The number of aromatic nitrogens is 1. The van der Waals surface area contributed by atoms with Crippen molar-refractivity contribution in [1.29, 1.82) is 0 Å². The van der Waals surface area contributed by atoms with Gasteiger partial charge in [0, 0.05) is 11.1 Å². The monoisotopic (exact) mass is 324 g/mol. The highest BCUT2D eigenvalue weighted by molar-refractivity contribution is 7.99. The average molecular weight is 324 g/mol. The van der Waals surface area contributed by atoms with Crippen molar-refractivity contribution in [2.24, 2.45) is 0 Å². The fourth-order valence-electron chi connectivity index (χ4n) is 2.04. The van der Waals surface area contributed by atoms with Crippen LogP contribution in [0.4, 0.5) is 0 Å². The number of nitrogens with zero attached hydrogens (tertiary/aromatic N) is 1. The van der Waals surface area contributed by atoms with E-state index in [0.717, 1.165) is 10.7 Å². The Morgan fingerprint density at radius 2 is 2.00 bits per heavy atom. The quantitative estimate of drug-likeness (QED) is 0.769. The van der Waals surface area contributed by atoms with Crippen molar-refractivity contribution in [2.45, 2.75) is 23.4 Å². The maximum Gasteiger partial charge on any atom is 0.254 e. The molecular formula is C18H16N2O2S. The van der Waals surface area contributed by atoms with Crippen LogP contribution in [-0.2, 0) is 6.54 Å². The van der Waals surface area contributed by atoms with Crippen molar-refractivity contribution in [1.82, 2.24) is 10.3 Å². The average Bonchev–Trinajstić information content (AvgIpc) is 3.09. The van der Waals surface area contributed by atoms with Crippen LogP contribution < -0.4 is 5.32 Å². The summed E-state index contributed by atoms with van der Waals surface area (Å²) in [6.45, 7) is 2.40. The summed E-state index contributed by atoms with van der Waals surface area (Å²) in [5.41, 5.74) is 1.76. The van der Waals surface area contributed by atoms with E-state index >= 15 is 0 Å². The van der Waals surface area contributed by atoms with Crippen LogP contribution in [0.15, 0.2) is 75.3 Å². The molecule has 5 heteroatoms. The Balaban J connectivity index is 1.74. The fourth-order valence-corrected chi connectivity index (χ4v) is 2.92. The zero-order valence-corrected chi connectivity index (χ0v) is 13.5. The molecule has 2 heterocycles. The molecule has 0 fully saturated rings. The van der Waals surface area contributed by atoms with Gasteiger partial charge in [0.2, 0.25) is 0 Å². The number of furan rings is 1. The molecule has 0 bridgehead atoms. The van der Waals surface area contributed by atoms with Gasteiger partial charge in [0.1, 0.15) is 10.8 Å². The summed E-state index contributed by atoms with van der Waals surface area (Å²) in [5, 5.41) is 3.54. The number of amides is 1. The van der Waals surface area contributed by atoms with Gasteiger partial charge in [-0.15, -0.1) is 0 Å². The molecule has 116 valence electrons. The second kappa shape index (κ2) is 7.15. The molecule has 3 aromatic rings. The molecule has 0 aliphatic carbocycles. The first-order valence-corrected chi connectivity index (χ1v) is 8.04. The van der Waals surface area contributed by atoms with Crippen molar-refractivity contribution in [2.75, 3.05) is 0 Å². The minimum atomic E-state index is -0.163. The van der Waals surface area contributed by atoms with Gasteiger partial charge in [0.05, 0.1) is 18.4 Å². The molecule has 0 saturated carbocycles. The summed E-state index contributed by atoms with van der Waals surface area (Å²) in [7, 11) is 0.